The predicted octanol–water partition coefficient (Wildman–Crippen LogP) is 1.18. The fourth-order valence-corrected chi connectivity index (χ4v) is 1.31. The largest absolute Gasteiger partial charge is 0.393 e. The third kappa shape index (κ3) is 6.02. The van der Waals surface area contributed by atoms with Crippen LogP contribution in [0, 0.1) is 5.92 Å². The molecule has 0 aromatic heterocycles. The molecule has 0 saturated heterocycles. The summed E-state index contributed by atoms with van der Waals surface area (Å²) in [6.07, 6.45) is 0.588. The van der Waals surface area contributed by atoms with Gasteiger partial charge in [0, 0.05) is 6.61 Å². The third-order valence-corrected chi connectivity index (χ3v) is 2.23. The van der Waals surface area contributed by atoms with Crippen LogP contribution in [0.4, 0.5) is 0 Å². The molecule has 0 aliphatic heterocycles. The lowest BCUT2D eigenvalue weighted by Crippen LogP contribution is -2.25. The minimum Gasteiger partial charge on any atom is -0.393 e. The summed E-state index contributed by atoms with van der Waals surface area (Å²) in [6, 6.07) is 0. The average molecular weight is 190 g/mol. The van der Waals surface area contributed by atoms with Gasteiger partial charge in [-0.1, -0.05) is 13.8 Å². The van der Waals surface area contributed by atoms with Crippen molar-refractivity contribution in [3.8, 4) is 0 Å². The van der Waals surface area contributed by atoms with Crippen molar-refractivity contribution in [3.63, 3.8) is 0 Å². The van der Waals surface area contributed by atoms with E-state index in [0.29, 0.717) is 19.6 Å². The second-order valence-corrected chi connectivity index (χ2v) is 3.50. The Morgan fingerprint density at radius 3 is 2.31 bits per heavy atom. The average Bonchev–Trinajstić information content (AvgIpc) is 2.13. The van der Waals surface area contributed by atoms with E-state index in [2.05, 4.69) is 0 Å². The van der Waals surface area contributed by atoms with Crippen LogP contribution in [-0.4, -0.2) is 35.6 Å². The molecule has 0 radical (unpaired) electrons. The van der Waals surface area contributed by atoms with Crippen LogP contribution in [0.5, 0.6) is 0 Å². The molecule has 0 rings (SSSR count). The molecule has 0 amide bonds. The van der Waals surface area contributed by atoms with Crippen LogP contribution < -0.4 is 0 Å². The van der Waals surface area contributed by atoms with Crippen LogP contribution in [-0.2, 0) is 4.74 Å². The third-order valence-electron chi connectivity index (χ3n) is 2.23. The highest BCUT2D eigenvalue weighted by molar-refractivity contribution is 4.67. The molecule has 0 bridgehead atoms. The van der Waals surface area contributed by atoms with Gasteiger partial charge in [0.05, 0.1) is 18.8 Å². The molecule has 3 nitrogen and oxygen atoms in total. The molecule has 80 valence electrons. The van der Waals surface area contributed by atoms with Crippen LogP contribution in [0.1, 0.15) is 33.6 Å². The Labute approximate surface area is 80.7 Å². The Morgan fingerprint density at radius 2 is 1.85 bits per heavy atom. The molecule has 2 N–H and O–H groups in total. The second kappa shape index (κ2) is 7.30. The summed E-state index contributed by atoms with van der Waals surface area (Å²) in [5, 5.41) is 18.9. The van der Waals surface area contributed by atoms with Crippen LogP contribution in [0.25, 0.3) is 0 Å². The van der Waals surface area contributed by atoms with Gasteiger partial charge in [0.25, 0.3) is 0 Å². The fraction of sp³-hybridized carbons (Fsp3) is 1.00. The molecule has 0 aromatic carbocycles. The summed E-state index contributed by atoms with van der Waals surface area (Å²) in [5.41, 5.74) is 0. The zero-order valence-electron chi connectivity index (χ0n) is 8.86. The first-order valence-electron chi connectivity index (χ1n) is 5.05. The highest BCUT2D eigenvalue weighted by atomic mass is 16.5. The Morgan fingerprint density at radius 1 is 1.23 bits per heavy atom. The number of hydrogen-bond donors (Lipinski definition) is 2. The molecular weight excluding hydrogens is 168 g/mol. The van der Waals surface area contributed by atoms with Gasteiger partial charge in [-0.15, -0.1) is 0 Å². The topological polar surface area (TPSA) is 49.7 Å². The quantitative estimate of drug-likeness (QED) is 0.634. The Bertz CT molecular complexity index is 117. The van der Waals surface area contributed by atoms with Gasteiger partial charge in [0.2, 0.25) is 0 Å². The van der Waals surface area contributed by atoms with E-state index in [1.54, 1.807) is 0 Å². The molecule has 3 heteroatoms. The number of aliphatic hydroxyl groups excluding tert-OH is 2. The van der Waals surface area contributed by atoms with Gasteiger partial charge in [-0.25, -0.2) is 0 Å². The van der Waals surface area contributed by atoms with Gasteiger partial charge >= 0.3 is 0 Å². The summed E-state index contributed by atoms with van der Waals surface area (Å²) in [6.45, 7) is 6.79. The maximum Gasteiger partial charge on any atom is 0.0777 e. The van der Waals surface area contributed by atoms with Crippen molar-refractivity contribution in [3.05, 3.63) is 0 Å². The van der Waals surface area contributed by atoms with Crippen molar-refractivity contribution in [1.29, 1.82) is 0 Å². The zero-order chi connectivity index (χ0) is 10.3. The molecule has 0 saturated carbocycles. The molecule has 0 fully saturated rings. The maximum atomic E-state index is 9.46. The van der Waals surface area contributed by atoms with Crippen molar-refractivity contribution >= 4 is 0 Å². The summed E-state index contributed by atoms with van der Waals surface area (Å²) in [5.74, 6) is 0.139. The second-order valence-electron chi connectivity index (χ2n) is 3.50. The molecule has 3 unspecified atom stereocenters. The van der Waals surface area contributed by atoms with E-state index in [-0.39, 0.29) is 12.0 Å². The molecule has 13 heavy (non-hydrogen) atoms. The highest BCUT2D eigenvalue weighted by Gasteiger charge is 2.16. The molecule has 3 atom stereocenters. The van der Waals surface area contributed by atoms with E-state index in [1.165, 1.54) is 0 Å². The molecule has 0 aliphatic rings. The Balaban J connectivity index is 3.57. The van der Waals surface area contributed by atoms with Crippen LogP contribution in [0.15, 0.2) is 0 Å². The lowest BCUT2D eigenvalue weighted by molar-refractivity contribution is 0.0113. The van der Waals surface area contributed by atoms with Crippen LogP contribution in [0.2, 0.25) is 0 Å². The van der Waals surface area contributed by atoms with Gasteiger partial charge in [-0.2, -0.15) is 0 Å². The molecule has 0 aliphatic carbocycles. The van der Waals surface area contributed by atoms with Crippen molar-refractivity contribution in [1.82, 2.24) is 0 Å². The molecular formula is C10H22O3. The first-order chi connectivity index (χ1) is 6.11. The number of aliphatic hydroxyl groups is 2. The fourth-order valence-electron chi connectivity index (χ4n) is 1.31. The first kappa shape index (κ1) is 12.9. The Hall–Kier alpha value is -0.120. The van der Waals surface area contributed by atoms with Crippen LogP contribution in [0.3, 0.4) is 0 Å². The number of ether oxygens (including phenoxy) is 1. The van der Waals surface area contributed by atoms with E-state index in [9.17, 15) is 10.2 Å². The molecule has 0 heterocycles. The van der Waals surface area contributed by atoms with Gasteiger partial charge in [-0.3, -0.25) is 0 Å². The predicted molar refractivity (Wildman–Crippen MR) is 52.6 cm³/mol. The number of hydrogen-bond acceptors (Lipinski definition) is 3. The monoisotopic (exact) mass is 190 g/mol. The Kier molecular flexibility index (Phi) is 7.23. The van der Waals surface area contributed by atoms with Gasteiger partial charge < -0.3 is 14.9 Å². The smallest absolute Gasteiger partial charge is 0.0777 e. The molecule has 0 spiro atoms. The standard InChI is InChI=1S/C10H22O3/c1-4-10(12)8(3)6-9(11)7-13-5-2/h8-12H,4-7H2,1-3H3. The minimum absolute atomic E-state index is 0.139. The lowest BCUT2D eigenvalue weighted by Gasteiger charge is -2.20. The number of rotatable bonds is 7. The van der Waals surface area contributed by atoms with E-state index >= 15 is 0 Å². The van der Waals surface area contributed by atoms with Gasteiger partial charge in [0.15, 0.2) is 0 Å². The highest BCUT2D eigenvalue weighted by Crippen LogP contribution is 2.13. The van der Waals surface area contributed by atoms with Crippen molar-refractivity contribution < 1.29 is 14.9 Å². The SMILES string of the molecule is CCOCC(O)CC(C)C(O)CC. The van der Waals surface area contributed by atoms with E-state index in [4.69, 9.17) is 4.74 Å². The summed E-state index contributed by atoms with van der Waals surface area (Å²) < 4.78 is 5.08. The first-order valence-corrected chi connectivity index (χ1v) is 5.05. The van der Waals surface area contributed by atoms with Gasteiger partial charge in [-0.05, 0) is 25.7 Å². The van der Waals surface area contributed by atoms with E-state index < -0.39 is 6.10 Å². The summed E-state index contributed by atoms with van der Waals surface area (Å²) >= 11 is 0. The summed E-state index contributed by atoms with van der Waals surface area (Å²) in [4.78, 5) is 0. The summed E-state index contributed by atoms with van der Waals surface area (Å²) in [7, 11) is 0. The van der Waals surface area contributed by atoms with E-state index in [1.807, 2.05) is 20.8 Å². The van der Waals surface area contributed by atoms with Crippen molar-refractivity contribution in [2.24, 2.45) is 5.92 Å². The van der Waals surface area contributed by atoms with Gasteiger partial charge in [0.1, 0.15) is 0 Å². The molecule has 0 aromatic rings. The normalized spacial score (nSPS) is 18.2. The lowest BCUT2D eigenvalue weighted by atomic mass is 9.96. The maximum absolute atomic E-state index is 9.46. The van der Waals surface area contributed by atoms with Crippen LogP contribution >= 0.6 is 0 Å². The zero-order valence-corrected chi connectivity index (χ0v) is 8.86. The minimum atomic E-state index is -0.448. The van der Waals surface area contributed by atoms with Crippen molar-refractivity contribution in [2.75, 3.05) is 13.2 Å². The van der Waals surface area contributed by atoms with E-state index in [0.717, 1.165) is 6.42 Å². The van der Waals surface area contributed by atoms with Crippen molar-refractivity contribution in [2.45, 2.75) is 45.8 Å².